The summed E-state index contributed by atoms with van der Waals surface area (Å²) in [6.07, 6.45) is -1.95. The van der Waals surface area contributed by atoms with E-state index < -0.39 is 31.3 Å². The van der Waals surface area contributed by atoms with Gasteiger partial charge in [-0.3, -0.25) is 14.4 Å². The summed E-state index contributed by atoms with van der Waals surface area (Å²) in [5, 5.41) is 40.1. The number of nitrogens with one attached hydrogen (secondary N) is 1. The molecule has 1 aromatic rings. The first kappa shape index (κ1) is 28.9. The molecule has 0 radical (unpaired) electrons. The number of hydrogen-bond acceptors (Lipinski definition) is 7. The number of carbonyl (C=O) groups is 3. The van der Waals surface area contributed by atoms with Crippen LogP contribution in [-0.2, 0) is 4.79 Å². The molecule has 12 heteroatoms. The number of likely N-dealkylation sites (N-methyl/N-ethyl adjacent to an activating group) is 1. The Morgan fingerprint density at radius 2 is 1.52 bits per heavy atom. The number of hydrogen-bond donors (Lipinski definition) is 5. The van der Waals surface area contributed by atoms with Gasteiger partial charge in [-0.15, -0.1) is 0 Å². The summed E-state index contributed by atoms with van der Waals surface area (Å²) in [5.74, 6) is -1.10. The first-order chi connectivity index (χ1) is 14.5. The molecule has 0 heterocycles. The second kappa shape index (κ2) is 13.5. The van der Waals surface area contributed by atoms with E-state index in [1.54, 1.807) is 6.92 Å². The van der Waals surface area contributed by atoms with Crippen molar-refractivity contribution in [3.05, 3.63) is 21.8 Å². The molecule has 1 aromatic carbocycles. The topological polar surface area (TPSA) is 147 Å². The van der Waals surface area contributed by atoms with Gasteiger partial charge < -0.3 is 30.6 Å². The van der Waals surface area contributed by atoms with Crippen molar-refractivity contribution in [2.24, 2.45) is 0 Å². The molecular formula is C19H25I3N2O7. The normalized spacial score (nSPS) is 12.9. The average molecular weight is 774 g/mol. The number of amides is 2. The van der Waals surface area contributed by atoms with Crippen LogP contribution in [-0.4, -0.2) is 81.9 Å². The minimum absolute atomic E-state index is 0.0516. The van der Waals surface area contributed by atoms with Crippen LogP contribution in [0.4, 0.5) is 5.69 Å². The fraction of sp³-hybridized carbons (Fsp3) is 0.526. The SMILES string of the molecule is CCC(=O)Nc1c(I)c(C(=O)CCC(O)CO)c(I)c(C(=O)N(C)CC(O)CO)c1I. The Kier molecular flexibility index (Phi) is 12.6. The number of ketones is 1. The van der Waals surface area contributed by atoms with Crippen LogP contribution >= 0.6 is 67.8 Å². The second-order valence-corrected chi connectivity index (χ2v) is 10.0. The van der Waals surface area contributed by atoms with Gasteiger partial charge in [-0.25, -0.2) is 0 Å². The molecule has 0 spiro atoms. The van der Waals surface area contributed by atoms with E-state index in [-0.39, 0.29) is 48.6 Å². The Balaban J connectivity index is 3.57. The van der Waals surface area contributed by atoms with E-state index in [1.807, 2.05) is 67.8 Å². The summed E-state index contributed by atoms with van der Waals surface area (Å²) in [6.45, 7) is 0.594. The van der Waals surface area contributed by atoms with E-state index in [2.05, 4.69) is 5.32 Å². The van der Waals surface area contributed by atoms with Crippen LogP contribution in [0, 0.1) is 10.7 Å². The van der Waals surface area contributed by atoms with Gasteiger partial charge in [-0.2, -0.15) is 0 Å². The first-order valence-electron chi connectivity index (χ1n) is 9.36. The predicted octanol–water partition coefficient (Wildman–Crippen LogP) is 1.59. The molecule has 2 amide bonds. The highest BCUT2D eigenvalue weighted by molar-refractivity contribution is 14.1. The van der Waals surface area contributed by atoms with Crippen LogP contribution in [0.1, 0.15) is 46.9 Å². The minimum atomic E-state index is -1.12. The summed E-state index contributed by atoms with van der Waals surface area (Å²) in [7, 11) is 1.47. The maximum Gasteiger partial charge on any atom is 0.255 e. The van der Waals surface area contributed by atoms with E-state index in [4.69, 9.17) is 10.2 Å². The van der Waals surface area contributed by atoms with Crippen LogP contribution < -0.4 is 5.32 Å². The molecule has 5 N–H and O–H groups in total. The molecule has 9 nitrogen and oxygen atoms in total. The molecular weight excluding hydrogens is 749 g/mol. The van der Waals surface area contributed by atoms with Gasteiger partial charge >= 0.3 is 0 Å². The van der Waals surface area contributed by atoms with Crippen molar-refractivity contribution in [1.82, 2.24) is 4.90 Å². The molecule has 0 aliphatic rings. The van der Waals surface area contributed by atoms with Crippen LogP contribution in [0.3, 0.4) is 0 Å². The Morgan fingerprint density at radius 3 is 2.03 bits per heavy atom. The third kappa shape index (κ3) is 7.70. The van der Waals surface area contributed by atoms with Gasteiger partial charge in [0.1, 0.15) is 0 Å². The lowest BCUT2D eigenvalue weighted by atomic mass is 10.0. The van der Waals surface area contributed by atoms with Crippen molar-refractivity contribution in [3.63, 3.8) is 0 Å². The smallest absolute Gasteiger partial charge is 0.255 e. The Morgan fingerprint density at radius 1 is 0.968 bits per heavy atom. The van der Waals surface area contributed by atoms with Gasteiger partial charge in [0.05, 0.1) is 40.2 Å². The van der Waals surface area contributed by atoms with Crippen molar-refractivity contribution < 1.29 is 34.8 Å². The maximum atomic E-state index is 13.2. The number of anilines is 1. The van der Waals surface area contributed by atoms with Crippen molar-refractivity contribution in [3.8, 4) is 0 Å². The van der Waals surface area contributed by atoms with Gasteiger partial charge in [-0.1, -0.05) is 6.92 Å². The zero-order valence-electron chi connectivity index (χ0n) is 17.0. The van der Waals surface area contributed by atoms with Gasteiger partial charge in [0.25, 0.3) is 5.91 Å². The molecule has 0 aromatic heterocycles. The molecule has 0 aliphatic carbocycles. The second-order valence-electron chi connectivity index (χ2n) is 6.79. The Labute approximate surface area is 221 Å². The van der Waals surface area contributed by atoms with Crippen molar-refractivity contribution >= 4 is 91.1 Å². The van der Waals surface area contributed by atoms with Crippen molar-refractivity contribution in [2.75, 3.05) is 32.1 Å². The highest BCUT2D eigenvalue weighted by Gasteiger charge is 2.30. The molecule has 31 heavy (non-hydrogen) atoms. The molecule has 0 saturated carbocycles. The van der Waals surface area contributed by atoms with Crippen molar-refractivity contribution in [2.45, 2.75) is 38.4 Å². The molecule has 2 atom stereocenters. The predicted molar refractivity (Wildman–Crippen MR) is 140 cm³/mol. The quantitative estimate of drug-likeness (QED) is 0.170. The van der Waals surface area contributed by atoms with E-state index in [0.29, 0.717) is 16.4 Å². The highest BCUT2D eigenvalue weighted by atomic mass is 127. The number of Topliss-reactive ketones (excluding diaryl/α,β-unsaturated/α-hetero) is 1. The zero-order valence-corrected chi connectivity index (χ0v) is 23.5. The molecule has 174 valence electrons. The number of aliphatic hydroxyl groups excluding tert-OH is 4. The molecule has 1 rings (SSSR count). The minimum Gasteiger partial charge on any atom is -0.394 e. The van der Waals surface area contributed by atoms with E-state index >= 15 is 0 Å². The van der Waals surface area contributed by atoms with Crippen molar-refractivity contribution in [1.29, 1.82) is 0 Å². The van der Waals surface area contributed by atoms with Gasteiger partial charge in [0.15, 0.2) is 5.78 Å². The van der Waals surface area contributed by atoms with E-state index in [0.717, 1.165) is 0 Å². The highest BCUT2D eigenvalue weighted by Crippen LogP contribution is 2.37. The molecule has 0 bridgehead atoms. The fourth-order valence-electron chi connectivity index (χ4n) is 2.60. The van der Waals surface area contributed by atoms with Gasteiger partial charge in [0.2, 0.25) is 5.91 Å². The summed E-state index contributed by atoms with van der Waals surface area (Å²) in [6, 6.07) is 0. The number of rotatable bonds is 11. The Bertz CT molecular complexity index is 835. The standard InChI is InChI=1S/C19H25I3N2O7/c1-3-12(30)23-18-16(21)13(11(29)5-4-9(27)7-25)15(20)14(17(18)22)19(31)24(2)6-10(28)8-26/h9-10,25-28H,3-8H2,1-2H3,(H,23,30). The van der Waals surface area contributed by atoms with Gasteiger partial charge in [-0.05, 0) is 74.2 Å². The van der Waals surface area contributed by atoms with Crippen LogP contribution in [0.15, 0.2) is 0 Å². The third-order valence-electron chi connectivity index (χ3n) is 4.35. The average Bonchev–Trinajstić information content (AvgIpc) is 2.74. The lowest BCUT2D eigenvalue weighted by Crippen LogP contribution is -2.37. The van der Waals surface area contributed by atoms with Crippen LogP contribution in [0.2, 0.25) is 0 Å². The summed E-state index contributed by atoms with van der Waals surface area (Å²) >= 11 is 5.81. The number of benzene rings is 1. The lowest BCUT2D eigenvalue weighted by Gasteiger charge is -2.24. The number of carbonyl (C=O) groups excluding carboxylic acids is 3. The Hall–Kier alpha value is -0.140. The van der Waals surface area contributed by atoms with Crippen LogP contribution in [0.5, 0.6) is 0 Å². The molecule has 0 aliphatic heterocycles. The molecule has 0 fully saturated rings. The monoisotopic (exact) mass is 774 g/mol. The van der Waals surface area contributed by atoms with Crippen LogP contribution in [0.25, 0.3) is 0 Å². The number of aliphatic hydroxyl groups is 4. The largest absolute Gasteiger partial charge is 0.394 e. The van der Waals surface area contributed by atoms with E-state index in [9.17, 15) is 24.6 Å². The zero-order chi connectivity index (χ0) is 23.9. The maximum absolute atomic E-state index is 13.2. The summed E-state index contributed by atoms with van der Waals surface area (Å²) in [4.78, 5) is 39.5. The van der Waals surface area contributed by atoms with E-state index in [1.165, 1.54) is 11.9 Å². The van der Waals surface area contributed by atoms with Gasteiger partial charge in [0, 0.05) is 39.1 Å². The molecule has 2 unspecified atom stereocenters. The number of nitrogens with zero attached hydrogens (tertiary/aromatic N) is 1. The summed E-state index contributed by atoms with van der Waals surface area (Å²) < 4.78 is 1.32. The lowest BCUT2D eigenvalue weighted by molar-refractivity contribution is -0.115. The summed E-state index contributed by atoms with van der Waals surface area (Å²) in [5.41, 5.74) is 0.795. The molecule has 0 saturated heterocycles. The third-order valence-corrected chi connectivity index (χ3v) is 7.59. The number of halogens is 3. The fourth-order valence-corrected chi connectivity index (χ4v) is 7.09. The first-order valence-corrected chi connectivity index (χ1v) is 12.6.